The van der Waals surface area contributed by atoms with Gasteiger partial charge in [0.15, 0.2) is 0 Å². The summed E-state index contributed by atoms with van der Waals surface area (Å²) in [6.07, 6.45) is 1.68. The number of aryl methyl sites for hydroxylation is 2. The van der Waals surface area contributed by atoms with E-state index in [9.17, 15) is 4.79 Å². The molecule has 6 heteroatoms. The third-order valence-corrected chi connectivity index (χ3v) is 3.20. The number of nitrogens with zero attached hydrogens (tertiary/aromatic N) is 4. The van der Waals surface area contributed by atoms with E-state index in [4.69, 9.17) is 0 Å². The van der Waals surface area contributed by atoms with Crippen molar-refractivity contribution in [2.45, 2.75) is 46.7 Å². The Morgan fingerprint density at radius 2 is 1.95 bits per heavy atom. The lowest BCUT2D eigenvalue weighted by Crippen LogP contribution is -2.26. The molecule has 0 saturated heterocycles. The summed E-state index contributed by atoms with van der Waals surface area (Å²) in [4.78, 5) is 12.3. The monoisotopic (exact) mass is 275 g/mol. The zero-order valence-electron chi connectivity index (χ0n) is 12.6. The van der Waals surface area contributed by atoms with Crippen LogP contribution < -0.4 is 5.32 Å². The molecular formula is C14H21N5O. The fourth-order valence-electron chi connectivity index (χ4n) is 2.20. The summed E-state index contributed by atoms with van der Waals surface area (Å²) in [5, 5.41) is 11.5. The molecule has 2 aromatic rings. The van der Waals surface area contributed by atoms with E-state index in [-0.39, 0.29) is 18.0 Å². The molecule has 0 unspecified atom stereocenters. The summed E-state index contributed by atoms with van der Waals surface area (Å²) in [5.41, 5.74) is 1.89. The van der Waals surface area contributed by atoms with Crippen molar-refractivity contribution in [2.24, 2.45) is 0 Å². The van der Waals surface area contributed by atoms with E-state index in [0.29, 0.717) is 5.82 Å². The highest BCUT2D eigenvalue weighted by Gasteiger charge is 2.19. The first kappa shape index (κ1) is 14.3. The van der Waals surface area contributed by atoms with Gasteiger partial charge in [-0.3, -0.25) is 9.48 Å². The number of carbonyl (C=O) groups excluding carboxylic acids is 1. The second-order valence-electron chi connectivity index (χ2n) is 5.29. The minimum atomic E-state index is -0.362. The van der Waals surface area contributed by atoms with Gasteiger partial charge in [-0.15, -0.1) is 0 Å². The minimum absolute atomic E-state index is 0.0985. The lowest BCUT2D eigenvalue weighted by Gasteiger charge is -2.16. The number of amides is 1. The molecule has 1 N–H and O–H groups in total. The lowest BCUT2D eigenvalue weighted by molar-refractivity contribution is -0.119. The van der Waals surface area contributed by atoms with Crippen molar-refractivity contribution in [1.29, 1.82) is 0 Å². The molecule has 2 heterocycles. The molecule has 108 valence electrons. The fraction of sp³-hybridized carbons (Fsp3) is 0.500. The standard InChI is InChI=1S/C14H21N5O/c1-9(2)18-13(6-7-15-18)16-14(20)12(5)19-11(4)8-10(3)17-19/h6-9,12H,1-5H3,(H,16,20)/t12-/m0/s1. The fourth-order valence-corrected chi connectivity index (χ4v) is 2.20. The maximum atomic E-state index is 12.3. The van der Waals surface area contributed by atoms with Gasteiger partial charge in [0.05, 0.1) is 11.9 Å². The quantitative estimate of drug-likeness (QED) is 0.932. The van der Waals surface area contributed by atoms with Crippen molar-refractivity contribution < 1.29 is 4.79 Å². The smallest absolute Gasteiger partial charge is 0.250 e. The van der Waals surface area contributed by atoms with Gasteiger partial charge in [-0.25, -0.2) is 4.68 Å². The molecule has 0 saturated carbocycles. The van der Waals surface area contributed by atoms with Crippen LogP contribution in [0.1, 0.15) is 44.2 Å². The van der Waals surface area contributed by atoms with Crippen molar-refractivity contribution >= 4 is 11.7 Å². The molecule has 6 nitrogen and oxygen atoms in total. The summed E-state index contributed by atoms with van der Waals surface area (Å²) >= 11 is 0. The van der Waals surface area contributed by atoms with E-state index in [1.165, 1.54) is 0 Å². The Hall–Kier alpha value is -2.11. The molecule has 0 aromatic carbocycles. The van der Waals surface area contributed by atoms with Crippen LogP contribution in [0.4, 0.5) is 5.82 Å². The van der Waals surface area contributed by atoms with Gasteiger partial charge in [0.2, 0.25) is 5.91 Å². The second kappa shape index (κ2) is 5.48. The second-order valence-corrected chi connectivity index (χ2v) is 5.29. The molecule has 2 aromatic heterocycles. The highest BCUT2D eigenvalue weighted by molar-refractivity contribution is 5.92. The van der Waals surface area contributed by atoms with Crippen LogP contribution in [0, 0.1) is 13.8 Å². The summed E-state index contributed by atoms with van der Waals surface area (Å²) in [5.74, 6) is 0.608. The predicted octanol–water partition coefficient (Wildman–Crippen LogP) is 2.48. The highest BCUT2D eigenvalue weighted by Crippen LogP contribution is 2.16. The van der Waals surface area contributed by atoms with Gasteiger partial charge in [-0.1, -0.05) is 0 Å². The molecule has 0 aliphatic carbocycles. The molecule has 0 aliphatic rings. The molecule has 2 rings (SSSR count). The number of aromatic nitrogens is 4. The Kier molecular flexibility index (Phi) is 3.92. The van der Waals surface area contributed by atoms with Crippen molar-refractivity contribution in [3.63, 3.8) is 0 Å². The Morgan fingerprint density at radius 1 is 1.25 bits per heavy atom. The highest BCUT2D eigenvalue weighted by atomic mass is 16.2. The van der Waals surface area contributed by atoms with Crippen LogP contribution in [-0.4, -0.2) is 25.5 Å². The van der Waals surface area contributed by atoms with E-state index in [1.54, 1.807) is 21.6 Å². The van der Waals surface area contributed by atoms with Crippen LogP contribution in [0.15, 0.2) is 18.3 Å². The summed E-state index contributed by atoms with van der Waals surface area (Å²) in [6.45, 7) is 9.75. The Bertz CT molecular complexity index is 611. The van der Waals surface area contributed by atoms with Crippen LogP contribution in [0.25, 0.3) is 0 Å². The molecule has 0 fully saturated rings. The van der Waals surface area contributed by atoms with Crippen LogP contribution in [-0.2, 0) is 4.79 Å². The Labute approximate surface area is 118 Å². The lowest BCUT2D eigenvalue weighted by atomic mass is 10.3. The first-order chi connectivity index (χ1) is 9.40. The molecular weight excluding hydrogens is 254 g/mol. The largest absolute Gasteiger partial charge is 0.309 e. The first-order valence-corrected chi connectivity index (χ1v) is 6.77. The number of hydrogen-bond donors (Lipinski definition) is 1. The predicted molar refractivity (Wildman–Crippen MR) is 77.7 cm³/mol. The average Bonchev–Trinajstić information content (AvgIpc) is 2.94. The molecule has 1 atom stereocenters. The minimum Gasteiger partial charge on any atom is -0.309 e. The van der Waals surface area contributed by atoms with E-state index in [0.717, 1.165) is 11.4 Å². The van der Waals surface area contributed by atoms with Crippen LogP contribution >= 0.6 is 0 Å². The molecule has 0 aliphatic heterocycles. The van der Waals surface area contributed by atoms with Crippen LogP contribution in [0.3, 0.4) is 0 Å². The number of carbonyl (C=O) groups is 1. The zero-order chi connectivity index (χ0) is 14.9. The van der Waals surface area contributed by atoms with Crippen LogP contribution in [0.2, 0.25) is 0 Å². The average molecular weight is 275 g/mol. The maximum absolute atomic E-state index is 12.3. The molecule has 0 bridgehead atoms. The normalized spacial score (nSPS) is 12.7. The van der Waals surface area contributed by atoms with Gasteiger partial charge in [0.1, 0.15) is 11.9 Å². The topological polar surface area (TPSA) is 64.7 Å². The third-order valence-electron chi connectivity index (χ3n) is 3.20. The maximum Gasteiger partial charge on any atom is 0.250 e. The van der Waals surface area contributed by atoms with Crippen molar-refractivity contribution in [1.82, 2.24) is 19.6 Å². The van der Waals surface area contributed by atoms with Gasteiger partial charge in [-0.2, -0.15) is 10.2 Å². The Balaban J connectivity index is 2.16. The zero-order valence-corrected chi connectivity index (χ0v) is 12.6. The first-order valence-electron chi connectivity index (χ1n) is 6.77. The van der Waals surface area contributed by atoms with Crippen molar-refractivity contribution in [3.8, 4) is 0 Å². The number of rotatable bonds is 4. The van der Waals surface area contributed by atoms with E-state index >= 15 is 0 Å². The van der Waals surface area contributed by atoms with Gasteiger partial charge in [0, 0.05) is 17.8 Å². The summed E-state index contributed by atoms with van der Waals surface area (Å²) < 4.78 is 3.52. The summed E-state index contributed by atoms with van der Waals surface area (Å²) in [7, 11) is 0. The van der Waals surface area contributed by atoms with E-state index < -0.39 is 0 Å². The molecule has 1 amide bonds. The van der Waals surface area contributed by atoms with Gasteiger partial charge < -0.3 is 5.32 Å². The molecule has 20 heavy (non-hydrogen) atoms. The number of hydrogen-bond acceptors (Lipinski definition) is 3. The number of nitrogens with one attached hydrogen (secondary N) is 1. The van der Waals surface area contributed by atoms with Crippen molar-refractivity contribution in [3.05, 3.63) is 29.7 Å². The van der Waals surface area contributed by atoms with Gasteiger partial charge >= 0.3 is 0 Å². The SMILES string of the molecule is Cc1cc(C)n([C@@H](C)C(=O)Nc2ccnn2C(C)C)n1. The van der Waals surface area contributed by atoms with E-state index in [1.807, 2.05) is 40.7 Å². The summed E-state index contributed by atoms with van der Waals surface area (Å²) in [6, 6.07) is 3.59. The third kappa shape index (κ3) is 2.74. The van der Waals surface area contributed by atoms with Gasteiger partial charge in [0.25, 0.3) is 0 Å². The number of anilines is 1. The molecule has 0 spiro atoms. The Morgan fingerprint density at radius 3 is 2.50 bits per heavy atom. The van der Waals surface area contributed by atoms with E-state index in [2.05, 4.69) is 15.5 Å². The van der Waals surface area contributed by atoms with Crippen LogP contribution in [0.5, 0.6) is 0 Å². The van der Waals surface area contributed by atoms with Crippen molar-refractivity contribution in [2.75, 3.05) is 5.32 Å². The molecule has 0 radical (unpaired) electrons. The van der Waals surface area contributed by atoms with Gasteiger partial charge in [-0.05, 0) is 40.7 Å².